The van der Waals surface area contributed by atoms with Gasteiger partial charge in [0.1, 0.15) is 5.75 Å². The van der Waals surface area contributed by atoms with E-state index in [9.17, 15) is 5.11 Å². The molecule has 0 spiro atoms. The third-order valence-corrected chi connectivity index (χ3v) is 6.92. The molecule has 2 heterocycles. The second-order valence-electron chi connectivity index (χ2n) is 8.73. The van der Waals surface area contributed by atoms with Gasteiger partial charge < -0.3 is 5.11 Å². The summed E-state index contributed by atoms with van der Waals surface area (Å²) in [5.41, 5.74) is 4.15. The minimum Gasteiger partial charge on any atom is -0.508 e. The van der Waals surface area contributed by atoms with Crippen molar-refractivity contribution in [2.75, 3.05) is 19.6 Å². The van der Waals surface area contributed by atoms with Crippen LogP contribution in [0.1, 0.15) is 35.4 Å². The molecule has 2 fully saturated rings. The van der Waals surface area contributed by atoms with Gasteiger partial charge in [-0.25, -0.2) is 0 Å². The van der Waals surface area contributed by atoms with Crippen molar-refractivity contribution in [1.29, 1.82) is 0 Å². The summed E-state index contributed by atoms with van der Waals surface area (Å²) >= 11 is 0. The van der Waals surface area contributed by atoms with E-state index in [1.54, 1.807) is 12.1 Å². The lowest BCUT2D eigenvalue weighted by atomic mass is 9.79. The number of hydrogen-bond donors (Lipinski definition) is 1. The summed E-state index contributed by atoms with van der Waals surface area (Å²) in [6, 6.07) is 31.0. The molecule has 2 aliphatic heterocycles. The highest BCUT2D eigenvalue weighted by molar-refractivity contribution is 5.85. The molecule has 5 rings (SSSR count). The first-order valence-electron chi connectivity index (χ1n) is 11.1. The highest BCUT2D eigenvalue weighted by Gasteiger charge is 2.39. The molecule has 3 nitrogen and oxygen atoms in total. The van der Waals surface area contributed by atoms with E-state index in [4.69, 9.17) is 0 Å². The monoisotopic (exact) mass is 470 g/mol. The number of halogens is 2. The summed E-state index contributed by atoms with van der Waals surface area (Å²) in [7, 11) is 0. The Morgan fingerprint density at radius 2 is 1.34 bits per heavy atom. The maximum Gasteiger partial charge on any atom is 0.115 e. The van der Waals surface area contributed by atoms with Crippen LogP contribution in [0.3, 0.4) is 0 Å². The second kappa shape index (κ2) is 11.2. The lowest BCUT2D eigenvalue weighted by Crippen LogP contribution is -2.60. The van der Waals surface area contributed by atoms with Crippen molar-refractivity contribution >= 4 is 24.8 Å². The van der Waals surface area contributed by atoms with Crippen LogP contribution in [-0.2, 0) is 6.54 Å². The first kappa shape index (κ1) is 24.6. The van der Waals surface area contributed by atoms with Crippen molar-refractivity contribution in [3.05, 3.63) is 102 Å². The van der Waals surface area contributed by atoms with E-state index in [0.29, 0.717) is 23.8 Å². The molecule has 0 saturated carbocycles. The van der Waals surface area contributed by atoms with Crippen LogP contribution in [0.15, 0.2) is 84.9 Å². The fourth-order valence-corrected chi connectivity index (χ4v) is 5.42. The molecule has 3 aromatic rings. The standard InChI is InChI=1S/C27H30N2O.2ClH/c30-25-14-11-21(12-15-25)19-28-17-18-29-20-24(28)13-16-26(29)27(22-7-3-1-4-8-22)23-9-5-2-6-10-23;;/h1-12,14-15,24,26-27,30H,13,16-20H2;2*1H/t24-,26-;;/m1../s1. The van der Waals surface area contributed by atoms with Crippen LogP contribution in [0.5, 0.6) is 5.75 Å². The number of benzene rings is 3. The van der Waals surface area contributed by atoms with E-state index in [1.165, 1.54) is 29.5 Å². The Morgan fingerprint density at radius 1 is 0.750 bits per heavy atom. The van der Waals surface area contributed by atoms with Gasteiger partial charge in [-0.3, -0.25) is 9.80 Å². The van der Waals surface area contributed by atoms with Gasteiger partial charge in [-0.1, -0.05) is 72.8 Å². The number of piperidine rings is 1. The van der Waals surface area contributed by atoms with E-state index < -0.39 is 0 Å². The third kappa shape index (κ3) is 5.29. The Bertz CT molecular complexity index is 913. The largest absolute Gasteiger partial charge is 0.508 e. The Kier molecular flexibility index (Phi) is 8.61. The maximum absolute atomic E-state index is 9.55. The highest BCUT2D eigenvalue weighted by Crippen LogP contribution is 2.38. The van der Waals surface area contributed by atoms with E-state index in [0.717, 1.165) is 26.2 Å². The molecule has 5 heteroatoms. The Hall–Kier alpha value is -2.04. The van der Waals surface area contributed by atoms with Crippen molar-refractivity contribution in [3.63, 3.8) is 0 Å². The lowest BCUT2D eigenvalue weighted by Gasteiger charge is -2.51. The first-order valence-corrected chi connectivity index (χ1v) is 11.1. The quantitative estimate of drug-likeness (QED) is 0.516. The van der Waals surface area contributed by atoms with Crippen molar-refractivity contribution in [3.8, 4) is 5.75 Å². The molecule has 2 bridgehead atoms. The molecule has 170 valence electrons. The van der Waals surface area contributed by atoms with Crippen LogP contribution < -0.4 is 0 Å². The maximum atomic E-state index is 9.55. The van der Waals surface area contributed by atoms with Crippen LogP contribution in [0.25, 0.3) is 0 Å². The molecule has 0 radical (unpaired) electrons. The number of fused-ring (bicyclic) bond motifs is 2. The summed E-state index contributed by atoms with van der Waals surface area (Å²) in [5, 5.41) is 9.55. The van der Waals surface area contributed by atoms with Crippen LogP contribution in [-0.4, -0.2) is 46.6 Å². The predicted octanol–water partition coefficient (Wildman–Crippen LogP) is 5.72. The fourth-order valence-electron chi connectivity index (χ4n) is 5.42. The van der Waals surface area contributed by atoms with Crippen molar-refractivity contribution in [2.24, 2.45) is 0 Å². The predicted molar refractivity (Wildman–Crippen MR) is 136 cm³/mol. The Labute approximate surface area is 203 Å². The van der Waals surface area contributed by atoms with Crippen LogP contribution in [0.2, 0.25) is 0 Å². The van der Waals surface area contributed by atoms with E-state index in [2.05, 4.69) is 70.5 Å². The number of hydrogen-bond acceptors (Lipinski definition) is 3. The van der Waals surface area contributed by atoms with E-state index in [-0.39, 0.29) is 24.8 Å². The summed E-state index contributed by atoms with van der Waals surface area (Å²) in [6.07, 6.45) is 2.47. The summed E-state index contributed by atoms with van der Waals surface area (Å²) in [4.78, 5) is 5.38. The number of nitrogens with zero attached hydrogens (tertiary/aromatic N) is 2. The Morgan fingerprint density at radius 3 is 1.94 bits per heavy atom. The van der Waals surface area contributed by atoms with Gasteiger partial charge in [0.25, 0.3) is 0 Å². The highest BCUT2D eigenvalue weighted by atomic mass is 35.5. The number of piperazine rings is 1. The van der Waals surface area contributed by atoms with Crippen molar-refractivity contribution in [2.45, 2.75) is 37.4 Å². The van der Waals surface area contributed by atoms with Gasteiger partial charge in [-0.05, 0) is 41.7 Å². The normalized spacial score (nSPS) is 22.6. The van der Waals surface area contributed by atoms with Gasteiger partial charge in [-0.15, -0.1) is 24.8 Å². The van der Waals surface area contributed by atoms with Crippen LogP contribution >= 0.6 is 24.8 Å². The molecular weight excluding hydrogens is 439 g/mol. The smallest absolute Gasteiger partial charge is 0.115 e. The lowest BCUT2D eigenvalue weighted by molar-refractivity contribution is -0.00356. The SMILES string of the molecule is Cl.Cl.Oc1ccc(CN2CCN3C[C@H]2CC[C@@H]3C(c2ccccc2)c2ccccc2)cc1. The summed E-state index contributed by atoms with van der Waals surface area (Å²) < 4.78 is 0. The zero-order valence-corrected chi connectivity index (χ0v) is 19.8. The summed E-state index contributed by atoms with van der Waals surface area (Å²) in [6.45, 7) is 4.36. The molecule has 2 saturated heterocycles. The van der Waals surface area contributed by atoms with E-state index in [1.807, 2.05) is 12.1 Å². The Balaban J connectivity index is 0.00000144. The molecule has 0 aliphatic carbocycles. The molecular formula is C27H32Cl2N2O. The fraction of sp³-hybridized carbons (Fsp3) is 0.333. The second-order valence-corrected chi connectivity index (χ2v) is 8.73. The molecule has 1 N–H and O–H groups in total. The van der Waals surface area contributed by atoms with Gasteiger partial charge in [0.15, 0.2) is 0 Å². The number of phenols is 1. The average molecular weight is 471 g/mol. The van der Waals surface area contributed by atoms with Gasteiger partial charge in [-0.2, -0.15) is 0 Å². The van der Waals surface area contributed by atoms with Crippen molar-refractivity contribution in [1.82, 2.24) is 9.80 Å². The molecule has 3 aromatic carbocycles. The molecule has 0 amide bonds. The number of rotatable bonds is 5. The van der Waals surface area contributed by atoms with Gasteiger partial charge >= 0.3 is 0 Å². The van der Waals surface area contributed by atoms with Crippen molar-refractivity contribution < 1.29 is 5.11 Å². The topological polar surface area (TPSA) is 26.7 Å². The minimum atomic E-state index is 0. The van der Waals surface area contributed by atoms with E-state index >= 15 is 0 Å². The average Bonchev–Trinajstić information content (AvgIpc) is 2.80. The molecule has 2 aliphatic rings. The first-order chi connectivity index (χ1) is 14.8. The van der Waals surface area contributed by atoms with Gasteiger partial charge in [0.05, 0.1) is 0 Å². The zero-order chi connectivity index (χ0) is 20.3. The summed E-state index contributed by atoms with van der Waals surface area (Å²) in [5.74, 6) is 0.772. The van der Waals surface area contributed by atoms with Crippen LogP contribution in [0, 0.1) is 0 Å². The minimum absolute atomic E-state index is 0. The molecule has 0 aromatic heterocycles. The third-order valence-electron chi connectivity index (χ3n) is 6.92. The molecule has 3 atom stereocenters. The molecule has 32 heavy (non-hydrogen) atoms. The number of aromatic hydroxyl groups is 1. The van der Waals surface area contributed by atoms with Gasteiger partial charge in [0, 0.05) is 44.2 Å². The molecule has 1 unspecified atom stereocenters. The number of phenolic OH excluding ortho intramolecular Hbond substituents is 1. The van der Waals surface area contributed by atoms with Crippen LogP contribution in [0.4, 0.5) is 0 Å². The van der Waals surface area contributed by atoms with Gasteiger partial charge in [0.2, 0.25) is 0 Å². The zero-order valence-electron chi connectivity index (χ0n) is 18.2.